The molecular formula is C20H26N4O3. The first-order chi connectivity index (χ1) is 13.1. The third-order valence-corrected chi connectivity index (χ3v) is 4.99. The van der Waals surface area contributed by atoms with Gasteiger partial charge in [0.25, 0.3) is 5.91 Å². The van der Waals surface area contributed by atoms with Crippen LogP contribution in [0.2, 0.25) is 0 Å². The largest absolute Gasteiger partial charge is 0.472 e. The molecule has 0 radical (unpaired) electrons. The highest BCUT2D eigenvalue weighted by Gasteiger charge is 2.39. The third kappa shape index (κ3) is 4.54. The Morgan fingerprint density at radius 1 is 1.33 bits per heavy atom. The van der Waals surface area contributed by atoms with E-state index in [-0.39, 0.29) is 23.9 Å². The SMILES string of the molecule is CCN(CC)C(=O)C1CC(NC(=O)c2ccoc2)CN1Cc1cccnc1. The Bertz CT molecular complexity index is 744. The number of likely N-dealkylation sites (tertiary alicyclic amines) is 1. The number of furan rings is 1. The summed E-state index contributed by atoms with van der Waals surface area (Å²) in [6.45, 7) is 6.58. The van der Waals surface area contributed by atoms with Crippen molar-refractivity contribution < 1.29 is 14.0 Å². The zero-order valence-electron chi connectivity index (χ0n) is 15.8. The molecule has 2 aromatic rings. The van der Waals surface area contributed by atoms with Crippen LogP contribution in [0.1, 0.15) is 36.2 Å². The summed E-state index contributed by atoms with van der Waals surface area (Å²) in [5, 5.41) is 3.03. The molecular weight excluding hydrogens is 344 g/mol. The Morgan fingerprint density at radius 3 is 2.78 bits per heavy atom. The van der Waals surface area contributed by atoms with Gasteiger partial charge in [-0.3, -0.25) is 19.5 Å². The average Bonchev–Trinajstić information content (AvgIpc) is 3.34. The van der Waals surface area contributed by atoms with Crippen molar-refractivity contribution in [3.8, 4) is 0 Å². The number of nitrogens with one attached hydrogen (secondary N) is 1. The topological polar surface area (TPSA) is 78.7 Å². The molecule has 0 aromatic carbocycles. The van der Waals surface area contributed by atoms with Crippen molar-refractivity contribution >= 4 is 11.8 Å². The van der Waals surface area contributed by atoms with Gasteiger partial charge in [0.05, 0.1) is 17.9 Å². The quantitative estimate of drug-likeness (QED) is 0.806. The van der Waals surface area contributed by atoms with Crippen LogP contribution in [-0.4, -0.2) is 58.3 Å². The summed E-state index contributed by atoms with van der Waals surface area (Å²) in [6, 6.07) is 5.19. The molecule has 0 aliphatic carbocycles. The zero-order valence-corrected chi connectivity index (χ0v) is 15.8. The van der Waals surface area contributed by atoms with E-state index in [1.165, 1.54) is 12.5 Å². The second-order valence-corrected chi connectivity index (χ2v) is 6.74. The molecule has 1 saturated heterocycles. The highest BCUT2D eigenvalue weighted by Crippen LogP contribution is 2.23. The van der Waals surface area contributed by atoms with Crippen molar-refractivity contribution in [3.05, 3.63) is 54.2 Å². The highest BCUT2D eigenvalue weighted by atomic mass is 16.3. The van der Waals surface area contributed by atoms with Crippen molar-refractivity contribution in [1.82, 2.24) is 20.1 Å². The fraction of sp³-hybridized carbons (Fsp3) is 0.450. The smallest absolute Gasteiger partial charge is 0.254 e. The number of carbonyl (C=O) groups excluding carboxylic acids is 2. The van der Waals surface area contributed by atoms with Gasteiger partial charge in [0.15, 0.2) is 0 Å². The molecule has 2 aromatic heterocycles. The van der Waals surface area contributed by atoms with Gasteiger partial charge in [0, 0.05) is 44.6 Å². The van der Waals surface area contributed by atoms with Gasteiger partial charge in [-0.25, -0.2) is 0 Å². The van der Waals surface area contributed by atoms with Crippen LogP contribution in [0.15, 0.2) is 47.5 Å². The summed E-state index contributed by atoms with van der Waals surface area (Å²) in [5.41, 5.74) is 1.55. The number of amides is 2. The molecule has 0 bridgehead atoms. The second-order valence-electron chi connectivity index (χ2n) is 6.74. The minimum atomic E-state index is -0.250. The van der Waals surface area contributed by atoms with Crippen LogP contribution < -0.4 is 5.32 Å². The molecule has 7 heteroatoms. The summed E-state index contributed by atoms with van der Waals surface area (Å²) in [6.07, 6.45) is 7.05. The van der Waals surface area contributed by atoms with Crippen molar-refractivity contribution in [2.24, 2.45) is 0 Å². The molecule has 2 unspecified atom stereocenters. The Morgan fingerprint density at radius 2 is 2.15 bits per heavy atom. The number of hydrogen-bond donors (Lipinski definition) is 1. The molecule has 2 atom stereocenters. The first kappa shape index (κ1) is 19.1. The summed E-state index contributed by atoms with van der Waals surface area (Å²) in [4.78, 5) is 33.5. The van der Waals surface area contributed by atoms with Crippen LogP contribution in [0.4, 0.5) is 0 Å². The summed E-state index contributed by atoms with van der Waals surface area (Å²) in [7, 11) is 0. The number of nitrogens with zero attached hydrogens (tertiary/aromatic N) is 3. The molecule has 1 N–H and O–H groups in total. The van der Waals surface area contributed by atoms with E-state index >= 15 is 0 Å². The zero-order chi connectivity index (χ0) is 19.2. The number of carbonyl (C=O) groups is 2. The van der Waals surface area contributed by atoms with Gasteiger partial charge >= 0.3 is 0 Å². The Kier molecular flexibility index (Phi) is 6.24. The number of likely N-dealkylation sites (N-methyl/N-ethyl adjacent to an activating group) is 1. The first-order valence-corrected chi connectivity index (χ1v) is 9.37. The molecule has 2 amide bonds. The summed E-state index contributed by atoms with van der Waals surface area (Å²) in [5.74, 6) is -0.0602. The number of aromatic nitrogens is 1. The summed E-state index contributed by atoms with van der Waals surface area (Å²) >= 11 is 0. The lowest BCUT2D eigenvalue weighted by atomic mass is 10.1. The van der Waals surface area contributed by atoms with E-state index in [9.17, 15) is 9.59 Å². The van der Waals surface area contributed by atoms with E-state index in [1.807, 2.05) is 37.1 Å². The predicted molar refractivity (Wildman–Crippen MR) is 101 cm³/mol. The van der Waals surface area contributed by atoms with Crippen molar-refractivity contribution in [1.29, 1.82) is 0 Å². The molecule has 1 aliphatic heterocycles. The van der Waals surface area contributed by atoms with E-state index in [0.717, 1.165) is 5.56 Å². The van der Waals surface area contributed by atoms with Gasteiger partial charge in [-0.15, -0.1) is 0 Å². The molecule has 1 fully saturated rings. The van der Waals surface area contributed by atoms with Crippen molar-refractivity contribution in [2.45, 2.75) is 38.9 Å². The maximum atomic E-state index is 13.0. The van der Waals surface area contributed by atoms with E-state index in [2.05, 4.69) is 15.2 Å². The molecule has 1 aliphatic rings. The van der Waals surface area contributed by atoms with E-state index in [0.29, 0.717) is 38.2 Å². The molecule has 3 heterocycles. The third-order valence-electron chi connectivity index (χ3n) is 4.99. The predicted octanol–water partition coefficient (Wildman–Crippen LogP) is 1.92. The van der Waals surface area contributed by atoms with Crippen LogP contribution in [0, 0.1) is 0 Å². The molecule has 0 spiro atoms. The van der Waals surface area contributed by atoms with Crippen molar-refractivity contribution in [3.63, 3.8) is 0 Å². The van der Waals surface area contributed by atoms with Crippen molar-refractivity contribution in [2.75, 3.05) is 19.6 Å². The van der Waals surface area contributed by atoms with Gasteiger partial charge < -0.3 is 14.6 Å². The molecule has 27 heavy (non-hydrogen) atoms. The molecule has 0 saturated carbocycles. The van der Waals surface area contributed by atoms with Crippen LogP contribution >= 0.6 is 0 Å². The van der Waals surface area contributed by atoms with Crippen LogP contribution in [0.3, 0.4) is 0 Å². The van der Waals surface area contributed by atoms with Gasteiger partial charge in [-0.1, -0.05) is 6.07 Å². The van der Waals surface area contributed by atoms with Crippen LogP contribution in [-0.2, 0) is 11.3 Å². The second kappa shape index (κ2) is 8.81. The van der Waals surface area contributed by atoms with E-state index < -0.39 is 0 Å². The standard InChI is InChI=1S/C20H26N4O3/c1-3-23(4-2)20(26)18-10-17(22-19(25)16-7-9-27-14-16)13-24(18)12-15-6-5-8-21-11-15/h5-9,11,14,17-18H,3-4,10,12-13H2,1-2H3,(H,22,25). The van der Waals surface area contributed by atoms with Gasteiger partial charge in [0.2, 0.25) is 5.91 Å². The minimum Gasteiger partial charge on any atom is -0.472 e. The Labute approximate surface area is 159 Å². The number of pyridine rings is 1. The Balaban J connectivity index is 1.73. The minimum absolute atomic E-state index is 0.0893. The number of hydrogen-bond acceptors (Lipinski definition) is 5. The molecule has 3 rings (SSSR count). The van der Waals surface area contributed by atoms with Gasteiger partial charge in [0.1, 0.15) is 6.26 Å². The van der Waals surface area contributed by atoms with Crippen LogP contribution in [0.25, 0.3) is 0 Å². The maximum Gasteiger partial charge on any atom is 0.254 e. The molecule has 144 valence electrons. The normalized spacial score (nSPS) is 19.8. The maximum absolute atomic E-state index is 13.0. The monoisotopic (exact) mass is 370 g/mol. The fourth-order valence-electron chi connectivity index (χ4n) is 3.57. The lowest BCUT2D eigenvalue weighted by Crippen LogP contribution is -2.45. The molecule has 7 nitrogen and oxygen atoms in total. The lowest BCUT2D eigenvalue weighted by molar-refractivity contribution is -0.135. The van der Waals surface area contributed by atoms with Crippen LogP contribution in [0.5, 0.6) is 0 Å². The average molecular weight is 370 g/mol. The Hall–Kier alpha value is -2.67. The summed E-state index contributed by atoms with van der Waals surface area (Å²) < 4.78 is 4.98. The highest BCUT2D eigenvalue weighted by molar-refractivity contribution is 5.94. The number of rotatable bonds is 7. The van der Waals surface area contributed by atoms with Gasteiger partial charge in [-0.2, -0.15) is 0 Å². The van der Waals surface area contributed by atoms with E-state index in [4.69, 9.17) is 4.42 Å². The first-order valence-electron chi connectivity index (χ1n) is 9.37. The van der Waals surface area contributed by atoms with Gasteiger partial charge in [-0.05, 0) is 38.0 Å². The fourth-order valence-corrected chi connectivity index (χ4v) is 3.57. The van der Waals surface area contributed by atoms with E-state index in [1.54, 1.807) is 12.3 Å². The lowest BCUT2D eigenvalue weighted by Gasteiger charge is -2.28.